The van der Waals surface area contributed by atoms with Crippen molar-refractivity contribution in [3.8, 4) is 0 Å². The summed E-state index contributed by atoms with van der Waals surface area (Å²) >= 11 is 1.93. The highest BCUT2D eigenvalue weighted by Crippen LogP contribution is 2.48. The van der Waals surface area contributed by atoms with Crippen molar-refractivity contribution in [1.29, 1.82) is 0 Å². The number of aromatic nitrogens is 1. The van der Waals surface area contributed by atoms with Gasteiger partial charge in [0.15, 0.2) is 10.7 Å². The Morgan fingerprint density at radius 2 is 1.83 bits per heavy atom. The predicted molar refractivity (Wildman–Crippen MR) is 190 cm³/mol. The molecule has 1 aromatic heterocycles. The number of aliphatic hydroxyl groups is 1. The van der Waals surface area contributed by atoms with E-state index in [2.05, 4.69) is 35.9 Å². The number of rotatable bonds is 3. The number of esters is 1. The lowest BCUT2D eigenvalue weighted by Crippen LogP contribution is -2.54. The summed E-state index contributed by atoms with van der Waals surface area (Å²) in [6, 6.07) is 5.28. The summed E-state index contributed by atoms with van der Waals surface area (Å²) in [7, 11) is 0. The van der Waals surface area contributed by atoms with Crippen LogP contribution in [0.2, 0.25) is 0 Å². The molecule has 1 amide bonds. The first-order valence-electron chi connectivity index (χ1n) is 16.4. The molecule has 2 bridgehead atoms. The van der Waals surface area contributed by atoms with Crippen molar-refractivity contribution >= 4 is 57.5 Å². The van der Waals surface area contributed by atoms with Gasteiger partial charge in [-0.05, 0) is 92.0 Å². The third kappa shape index (κ3) is 9.38. The number of carbonyl (C=O) groups excluding carboxylic acids is 3. The quantitative estimate of drug-likeness (QED) is 0.125. The number of pyridine rings is 1. The number of Topliss-reactive ketones (excluding diaryl/α,β-unsaturated/α-hetero) is 1. The van der Waals surface area contributed by atoms with Gasteiger partial charge in [-0.2, -0.15) is 0 Å². The summed E-state index contributed by atoms with van der Waals surface area (Å²) in [5, 5.41) is 16.7. The number of ketones is 1. The van der Waals surface area contributed by atoms with Crippen LogP contribution in [0.25, 0.3) is 0 Å². The molecule has 0 unspecified atom stereocenters. The monoisotopic (exact) mass is 768 g/mol. The second-order valence-corrected chi connectivity index (χ2v) is 16.0. The molecule has 47 heavy (non-hydrogen) atoms. The fraction of sp³-hybridized carbons (Fsp3) is 0.714. The first-order chi connectivity index (χ1) is 21.7. The number of carbonyl (C=O) groups is 3. The van der Waals surface area contributed by atoms with Crippen molar-refractivity contribution < 1.29 is 33.8 Å². The van der Waals surface area contributed by atoms with Gasteiger partial charge in [0.1, 0.15) is 23.1 Å². The Bertz CT molecular complexity index is 1370. The van der Waals surface area contributed by atoms with Crippen LogP contribution in [0.1, 0.15) is 94.2 Å². The van der Waals surface area contributed by atoms with Crippen LogP contribution in [0.5, 0.6) is 0 Å². The molecule has 12 heteroatoms. The molecule has 2 fully saturated rings. The van der Waals surface area contributed by atoms with E-state index in [0.717, 1.165) is 0 Å². The van der Waals surface area contributed by atoms with Gasteiger partial charge in [0.05, 0.1) is 23.6 Å². The fourth-order valence-electron chi connectivity index (χ4n) is 7.93. The van der Waals surface area contributed by atoms with E-state index in [1.807, 2.05) is 50.3 Å². The Hall–Kier alpha value is -2.45. The molecule has 2 aliphatic rings. The molecule has 3 heterocycles. The first-order valence-corrected chi connectivity index (χ1v) is 17.7. The maximum atomic E-state index is 14.0. The van der Waals surface area contributed by atoms with Crippen LogP contribution >= 0.6 is 22.6 Å². The molecule has 2 saturated heterocycles. The van der Waals surface area contributed by atoms with Crippen LogP contribution in [0.3, 0.4) is 0 Å². The number of alkyl halides is 1. The lowest BCUT2D eigenvalue weighted by Gasteiger charge is -2.49. The van der Waals surface area contributed by atoms with E-state index in [9.17, 15) is 19.5 Å². The van der Waals surface area contributed by atoms with Crippen molar-refractivity contribution in [3.05, 3.63) is 23.9 Å². The lowest BCUT2D eigenvalue weighted by atomic mass is 9.61. The van der Waals surface area contributed by atoms with Crippen molar-refractivity contribution in [2.45, 2.75) is 110 Å². The molecule has 11 nitrogen and oxygen atoms in total. The molecule has 0 aromatic carbocycles. The maximum absolute atomic E-state index is 14.0. The van der Waals surface area contributed by atoms with E-state index >= 15 is 0 Å². The molecule has 3 rings (SSSR count). The van der Waals surface area contributed by atoms with Crippen LogP contribution in [0, 0.1) is 40.9 Å². The summed E-state index contributed by atoms with van der Waals surface area (Å²) in [4.78, 5) is 54.7. The second kappa shape index (κ2) is 15.4. The molecule has 0 saturated carbocycles. The van der Waals surface area contributed by atoms with Gasteiger partial charge in [-0.15, -0.1) is 0 Å². The molecule has 2 aliphatic heterocycles. The van der Waals surface area contributed by atoms with Gasteiger partial charge in [0.25, 0.3) is 0 Å². The number of amides is 1. The fourth-order valence-corrected chi connectivity index (χ4v) is 8.64. The molecule has 262 valence electrons. The number of nitrogens with zero attached hydrogens (tertiary/aromatic N) is 3. The summed E-state index contributed by atoms with van der Waals surface area (Å²) in [6.45, 7) is 18.8. The smallest absolute Gasteiger partial charge is 0.317 e. The number of oxime groups is 1. The second-order valence-electron chi connectivity index (χ2n) is 14.9. The molecule has 9 atom stereocenters. The number of ether oxygens (including phenoxy) is 2. The maximum Gasteiger partial charge on any atom is 0.317 e. The molecule has 1 aromatic rings. The Morgan fingerprint density at radius 3 is 2.43 bits per heavy atom. The summed E-state index contributed by atoms with van der Waals surface area (Å²) < 4.78 is 11.7. The van der Waals surface area contributed by atoms with Gasteiger partial charge >= 0.3 is 5.97 Å². The predicted octanol–water partition coefficient (Wildman–Crippen LogP) is 5.94. The Morgan fingerprint density at radius 1 is 1.17 bits per heavy atom. The summed E-state index contributed by atoms with van der Waals surface area (Å²) in [6.07, 6.45) is 1.18. The van der Waals surface area contributed by atoms with Gasteiger partial charge in [-0.3, -0.25) is 14.4 Å². The average Bonchev–Trinajstić information content (AvgIpc) is 2.97. The van der Waals surface area contributed by atoms with Gasteiger partial charge in [0, 0.05) is 30.4 Å². The SMILES string of the molecule is CC(=O)/N=C1\[C@H](C)C[C@@]2(C)OC/C(=N/OCc3cccc(N)n3)CC[C@H]([C@H]1C)[C@](C)(O)[C@@H](I)OC(=O)[C@H](C)C(=O)[C@H](C)[C@H]2C(C)(C)C. The number of hydrogen-bond acceptors (Lipinski definition) is 10. The highest BCUT2D eigenvalue weighted by atomic mass is 127. The zero-order valence-corrected chi connectivity index (χ0v) is 31.7. The number of cyclic esters (lactones) is 1. The van der Waals surface area contributed by atoms with Crippen LogP contribution < -0.4 is 5.73 Å². The van der Waals surface area contributed by atoms with E-state index in [1.54, 1.807) is 32.0 Å². The molecule has 0 aliphatic carbocycles. The largest absolute Gasteiger partial charge is 0.448 e. The number of halogens is 1. The van der Waals surface area contributed by atoms with Gasteiger partial charge in [0.2, 0.25) is 5.91 Å². The number of hydrogen-bond donors (Lipinski definition) is 2. The van der Waals surface area contributed by atoms with E-state index in [4.69, 9.17) is 20.0 Å². The zero-order chi connectivity index (χ0) is 35.5. The average molecular weight is 769 g/mol. The Labute approximate surface area is 293 Å². The van der Waals surface area contributed by atoms with Gasteiger partial charge in [-0.25, -0.2) is 9.98 Å². The minimum absolute atomic E-state index is 0.0929. The number of aliphatic imine (C=N–C) groups is 1. The number of nitrogen functional groups attached to an aromatic ring is 1. The first kappa shape index (κ1) is 39.0. The van der Waals surface area contributed by atoms with Crippen LogP contribution in [0.15, 0.2) is 28.3 Å². The highest BCUT2D eigenvalue weighted by molar-refractivity contribution is 14.1. The number of anilines is 1. The molecular weight excluding hydrogens is 715 g/mol. The topological polar surface area (TPSA) is 163 Å². The van der Waals surface area contributed by atoms with Crippen LogP contribution in [-0.2, 0) is 35.3 Å². The van der Waals surface area contributed by atoms with Gasteiger partial charge < -0.3 is 25.2 Å². The Kier molecular flexibility index (Phi) is 12.8. The zero-order valence-electron chi connectivity index (χ0n) is 29.5. The molecule has 3 N–H and O–H groups in total. The van der Waals surface area contributed by atoms with Crippen molar-refractivity contribution in [2.75, 3.05) is 12.3 Å². The molecular formula is C35H53IN4O7. The van der Waals surface area contributed by atoms with Crippen molar-refractivity contribution in [3.63, 3.8) is 0 Å². The van der Waals surface area contributed by atoms with Crippen LogP contribution in [-0.4, -0.2) is 61.1 Å². The number of fused-ring (bicyclic) bond motifs is 5. The van der Waals surface area contributed by atoms with Gasteiger partial charge in [-0.1, -0.05) is 52.8 Å². The third-order valence-corrected chi connectivity index (χ3v) is 11.4. The van der Waals surface area contributed by atoms with E-state index in [-0.39, 0.29) is 36.7 Å². The van der Waals surface area contributed by atoms with Crippen molar-refractivity contribution in [2.24, 2.45) is 51.1 Å². The van der Waals surface area contributed by atoms with E-state index in [0.29, 0.717) is 42.2 Å². The lowest BCUT2D eigenvalue weighted by molar-refractivity contribution is -0.167. The molecule has 0 radical (unpaired) electrons. The van der Waals surface area contributed by atoms with Crippen molar-refractivity contribution in [1.82, 2.24) is 4.98 Å². The third-order valence-electron chi connectivity index (χ3n) is 9.87. The van der Waals surface area contributed by atoms with Crippen LogP contribution in [0.4, 0.5) is 5.82 Å². The summed E-state index contributed by atoms with van der Waals surface area (Å²) in [5.41, 5.74) is 4.73. The van der Waals surface area contributed by atoms with E-state index in [1.165, 1.54) is 6.92 Å². The minimum Gasteiger partial charge on any atom is -0.448 e. The normalized spacial score (nSPS) is 36.6. The standard InChI is InChI=1S/C35H53IN4O7/c1-19-16-34(9)30(33(6,7)8)21(3)29(42)22(4)31(43)47-32(36)35(10,44)26(20(2)28(19)38-23(5)41)15-14-25(17-45-34)40-46-18-24-12-11-13-27(37)39-24/h11-13,19-22,26,30,32,44H,14-18H2,1-10H3,(H2,37,39)/b38-28+,40-25+/t19-,20-,21+,22-,26-,30+,32+,34-,35+/m1/s1. The summed E-state index contributed by atoms with van der Waals surface area (Å²) in [5.74, 6) is -4.13. The number of nitrogens with two attached hydrogens (primary N) is 1. The Balaban J connectivity index is 2.28. The molecule has 0 spiro atoms. The minimum atomic E-state index is -1.57. The highest BCUT2D eigenvalue weighted by Gasteiger charge is 2.52. The van der Waals surface area contributed by atoms with E-state index < -0.39 is 50.4 Å².